The Kier molecular flexibility index (Phi) is 4.30. The molecule has 3 heterocycles. The summed E-state index contributed by atoms with van der Waals surface area (Å²) < 4.78 is 1.99. The van der Waals surface area contributed by atoms with Crippen molar-refractivity contribution < 1.29 is 4.79 Å². The first-order chi connectivity index (χ1) is 10.1. The van der Waals surface area contributed by atoms with E-state index < -0.39 is 0 Å². The van der Waals surface area contributed by atoms with E-state index in [1.165, 1.54) is 22.2 Å². The number of carbonyl (C=O) groups is 1. The van der Waals surface area contributed by atoms with Crippen LogP contribution in [0.4, 0.5) is 0 Å². The van der Waals surface area contributed by atoms with Crippen molar-refractivity contribution in [3.63, 3.8) is 0 Å². The highest BCUT2D eigenvalue weighted by atomic mass is 32.2. The van der Waals surface area contributed by atoms with Crippen LogP contribution in [-0.2, 0) is 17.8 Å². The first-order valence-electron chi connectivity index (χ1n) is 7.00. The highest BCUT2D eigenvalue weighted by Gasteiger charge is 2.22. The third kappa shape index (κ3) is 3.13. The van der Waals surface area contributed by atoms with Gasteiger partial charge in [0.25, 0.3) is 0 Å². The third-order valence-electron chi connectivity index (χ3n) is 3.58. The van der Waals surface area contributed by atoms with Crippen molar-refractivity contribution in [2.24, 2.45) is 0 Å². The molecule has 0 radical (unpaired) electrons. The molecule has 5 nitrogen and oxygen atoms in total. The molecule has 112 valence electrons. The van der Waals surface area contributed by atoms with Crippen LogP contribution in [0.25, 0.3) is 0 Å². The number of hydrogen-bond donors (Lipinski definition) is 0. The molecule has 0 saturated heterocycles. The Morgan fingerprint density at radius 1 is 1.52 bits per heavy atom. The van der Waals surface area contributed by atoms with Gasteiger partial charge >= 0.3 is 0 Å². The average molecular weight is 322 g/mol. The number of hydrogen-bond acceptors (Lipinski definition) is 5. The molecule has 1 amide bonds. The van der Waals surface area contributed by atoms with E-state index in [-0.39, 0.29) is 5.91 Å². The number of rotatable bonds is 4. The van der Waals surface area contributed by atoms with Crippen molar-refractivity contribution in [3.8, 4) is 0 Å². The van der Waals surface area contributed by atoms with E-state index in [0.717, 1.165) is 24.7 Å². The normalized spacial score (nSPS) is 14.5. The Labute approximate surface area is 132 Å². The number of thioether (sulfide) groups is 1. The van der Waals surface area contributed by atoms with Gasteiger partial charge in [-0.1, -0.05) is 11.8 Å². The maximum atomic E-state index is 12.4. The lowest BCUT2D eigenvalue weighted by Gasteiger charge is -2.26. The molecule has 2 aromatic rings. The van der Waals surface area contributed by atoms with Gasteiger partial charge in [-0.2, -0.15) is 0 Å². The second-order valence-electron chi connectivity index (χ2n) is 5.34. The van der Waals surface area contributed by atoms with Crippen molar-refractivity contribution in [2.45, 2.75) is 38.0 Å². The standard InChI is InChI=1S/C14H18N4OS2/c1-10(2)18-9-15-16-14(18)21-8-13(19)17-5-3-12-11(7-17)4-6-20-12/h4,6,9-10H,3,5,7-8H2,1-2H3. The maximum absolute atomic E-state index is 12.4. The summed E-state index contributed by atoms with van der Waals surface area (Å²) in [5, 5.41) is 10.9. The van der Waals surface area contributed by atoms with Crippen LogP contribution in [-0.4, -0.2) is 37.9 Å². The van der Waals surface area contributed by atoms with Crippen LogP contribution in [0.15, 0.2) is 22.9 Å². The Morgan fingerprint density at radius 2 is 2.38 bits per heavy atom. The molecule has 21 heavy (non-hydrogen) atoms. The van der Waals surface area contributed by atoms with Crippen LogP contribution in [0, 0.1) is 0 Å². The highest BCUT2D eigenvalue weighted by Crippen LogP contribution is 2.25. The monoisotopic (exact) mass is 322 g/mol. The molecule has 3 rings (SSSR count). The number of fused-ring (bicyclic) bond motifs is 1. The fourth-order valence-electron chi connectivity index (χ4n) is 2.37. The number of nitrogens with zero attached hydrogens (tertiary/aromatic N) is 4. The first-order valence-corrected chi connectivity index (χ1v) is 8.87. The molecule has 0 spiro atoms. The summed E-state index contributed by atoms with van der Waals surface area (Å²) in [5.74, 6) is 0.598. The maximum Gasteiger partial charge on any atom is 0.233 e. The molecule has 0 saturated carbocycles. The molecule has 0 aliphatic carbocycles. The third-order valence-corrected chi connectivity index (χ3v) is 5.55. The Balaban J connectivity index is 1.59. The van der Waals surface area contributed by atoms with Crippen LogP contribution >= 0.6 is 23.1 Å². The van der Waals surface area contributed by atoms with E-state index in [2.05, 4.69) is 35.5 Å². The van der Waals surface area contributed by atoms with Gasteiger partial charge in [0.2, 0.25) is 5.91 Å². The van der Waals surface area contributed by atoms with E-state index in [0.29, 0.717) is 11.8 Å². The van der Waals surface area contributed by atoms with Crippen molar-refractivity contribution in [1.29, 1.82) is 0 Å². The summed E-state index contributed by atoms with van der Waals surface area (Å²) in [6.07, 6.45) is 2.70. The van der Waals surface area contributed by atoms with Crippen molar-refractivity contribution in [3.05, 3.63) is 28.2 Å². The lowest BCUT2D eigenvalue weighted by molar-refractivity contribution is -0.129. The summed E-state index contributed by atoms with van der Waals surface area (Å²) in [6, 6.07) is 2.43. The van der Waals surface area contributed by atoms with Crippen LogP contribution in [0.5, 0.6) is 0 Å². The summed E-state index contributed by atoms with van der Waals surface area (Å²) in [5.41, 5.74) is 1.30. The number of amides is 1. The predicted molar refractivity (Wildman–Crippen MR) is 84.6 cm³/mol. The lowest BCUT2D eigenvalue weighted by Crippen LogP contribution is -2.36. The van der Waals surface area contributed by atoms with E-state index in [9.17, 15) is 4.79 Å². The zero-order valence-electron chi connectivity index (χ0n) is 12.2. The van der Waals surface area contributed by atoms with Gasteiger partial charge in [0, 0.05) is 24.0 Å². The molecule has 0 aromatic carbocycles. The van der Waals surface area contributed by atoms with Gasteiger partial charge in [0.05, 0.1) is 5.75 Å². The number of carbonyl (C=O) groups excluding carboxylic acids is 1. The van der Waals surface area contributed by atoms with E-state index >= 15 is 0 Å². The number of thiophene rings is 1. The Hall–Kier alpha value is -1.34. The molecule has 0 N–H and O–H groups in total. The predicted octanol–water partition coefficient (Wildman–Crippen LogP) is 2.60. The molecule has 2 aromatic heterocycles. The van der Waals surface area contributed by atoms with Gasteiger partial charge < -0.3 is 9.47 Å². The topological polar surface area (TPSA) is 51.0 Å². The molecule has 0 fully saturated rings. The van der Waals surface area contributed by atoms with Crippen molar-refractivity contribution in [1.82, 2.24) is 19.7 Å². The van der Waals surface area contributed by atoms with Gasteiger partial charge in [-0.15, -0.1) is 21.5 Å². The summed E-state index contributed by atoms with van der Waals surface area (Å²) in [7, 11) is 0. The van der Waals surface area contributed by atoms with E-state index in [1.54, 1.807) is 17.7 Å². The van der Waals surface area contributed by atoms with Gasteiger partial charge in [-0.05, 0) is 37.3 Å². The Morgan fingerprint density at radius 3 is 3.19 bits per heavy atom. The summed E-state index contributed by atoms with van der Waals surface area (Å²) in [4.78, 5) is 15.7. The number of aromatic nitrogens is 3. The van der Waals surface area contributed by atoms with Crippen LogP contribution < -0.4 is 0 Å². The van der Waals surface area contributed by atoms with Crippen LogP contribution in [0.1, 0.15) is 30.3 Å². The fourth-order valence-corrected chi connectivity index (χ4v) is 4.21. The molecule has 0 unspecified atom stereocenters. The second kappa shape index (κ2) is 6.19. The van der Waals surface area contributed by atoms with Gasteiger partial charge in [-0.3, -0.25) is 4.79 Å². The smallest absolute Gasteiger partial charge is 0.233 e. The van der Waals surface area contributed by atoms with Gasteiger partial charge in [0.15, 0.2) is 5.16 Å². The molecule has 7 heteroatoms. The lowest BCUT2D eigenvalue weighted by atomic mass is 10.1. The van der Waals surface area contributed by atoms with E-state index in [4.69, 9.17) is 0 Å². The Bertz CT molecular complexity index is 634. The fraction of sp³-hybridized carbons (Fsp3) is 0.500. The molecular weight excluding hydrogens is 304 g/mol. The zero-order valence-corrected chi connectivity index (χ0v) is 13.8. The molecule has 0 atom stereocenters. The summed E-state index contributed by atoms with van der Waals surface area (Å²) in [6.45, 7) is 5.73. The average Bonchev–Trinajstić information content (AvgIpc) is 3.12. The minimum Gasteiger partial charge on any atom is -0.337 e. The van der Waals surface area contributed by atoms with E-state index in [1.807, 2.05) is 9.47 Å². The second-order valence-corrected chi connectivity index (χ2v) is 7.28. The van der Waals surface area contributed by atoms with Crippen molar-refractivity contribution in [2.75, 3.05) is 12.3 Å². The quantitative estimate of drug-likeness (QED) is 0.812. The molecule has 1 aliphatic heterocycles. The van der Waals surface area contributed by atoms with Gasteiger partial charge in [-0.25, -0.2) is 0 Å². The first kappa shape index (κ1) is 14.6. The molecule has 0 bridgehead atoms. The van der Waals surface area contributed by atoms with Crippen LogP contribution in [0.3, 0.4) is 0 Å². The van der Waals surface area contributed by atoms with Crippen molar-refractivity contribution >= 4 is 29.0 Å². The minimum absolute atomic E-state index is 0.176. The molecular formula is C14H18N4OS2. The molecule has 1 aliphatic rings. The van der Waals surface area contributed by atoms with Crippen LogP contribution in [0.2, 0.25) is 0 Å². The SMILES string of the molecule is CC(C)n1cnnc1SCC(=O)N1CCc2sccc2C1. The highest BCUT2D eigenvalue weighted by molar-refractivity contribution is 7.99. The summed E-state index contributed by atoms with van der Waals surface area (Å²) >= 11 is 3.26. The van der Waals surface area contributed by atoms with Gasteiger partial charge in [0.1, 0.15) is 6.33 Å². The zero-order chi connectivity index (χ0) is 14.8. The minimum atomic E-state index is 0.176. The largest absolute Gasteiger partial charge is 0.337 e.